The van der Waals surface area contributed by atoms with Gasteiger partial charge in [-0.05, 0) is 25.0 Å². The lowest BCUT2D eigenvalue weighted by atomic mass is 10.1. The fourth-order valence-electron chi connectivity index (χ4n) is 1.53. The van der Waals surface area contributed by atoms with Crippen LogP contribution in [-0.4, -0.2) is 29.6 Å². The van der Waals surface area contributed by atoms with Gasteiger partial charge in [-0.3, -0.25) is 9.59 Å². The highest BCUT2D eigenvalue weighted by atomic mass is 16.4. The summed E-state index contributed by atoms with van der Waals surface area (Å²) in [5.74, 6) is -0.986. The predicted molar refractivity (Wildman–Crippen MR) is 68.2 cm³/mol. The van der Waals surface area contributed by atoms with E-state index in [4.69, 9.17) is 10.8 Å². The van der Waals surface area contributed by atoms with Crippen LogP contribution in [-0.2, 0) is 4.79 Å². The second-order valence-corrected chi connectivity index (χ2v) is 4.12. The van der Waals surface area contributed by atoms with E-state index in [1.165, 1.54) is 0 Å². The fraction of sp³-hybridized carbons (Fsp3) is 0.385. The number of hydrogen-bond donors (Lipinski definition) is 3. The minimum atomic E-state index is -0.824. The van der Waals surface area contributed by atoms with E-state index < -0.39 is 5.97 Å². The van der Waals surface area contributed by atoms with Gasteiger partial charge in [-0.1, -0.05) is 18.2 Å². The molecule has 1 amide bonds. The van der Waals surface area contributed by atoms with E-state index in [-0.39, 0.29) is 18.4 Å². The lowest BCUT2D eigenvalue weighted by Crippen LogP contribution is -2.37. The maximum absolute atomic E-state index is 11.7. The zero-order valence-corrected chi connectivity index (χ0v) is 10.1. The number of nitrogens with one attached hydrogen (secondary N) is 1. The summed E-state index contributed by atoms with van der Waals surface area (Å²) >= 11 is 0. The Kier molecular flexibility index (Phi) is 5.87. The lowest BCUT2D eigenvalue weighted by Gasteiger charge is -2.12. The number of carboxylic acids is 1. The zero-order valence-electron chi connectivity index (χ0n) is 10.1. The predicted octanol–water partition coefficient (Wildman–Crippen LogP) is 0.999. The van der Waals surface area contributed by atoms with Crippen LogP contribution in [0.3, 0.4) is 0 Å². The van der Waals surface area contributed by atoms with Crippen LogP contribution in [0.1, 0.15) is 29.6 Å². The topological polar surface area (TPSA) is 92.4 Å². The normalized spacial score (nSPS) is 11.8. The maximum atomic E-state index is 11.7. The molecule has 0 aliphatic rings. The Balaban J connectivity index is 2.24. The molecule has 1 aromatic carbocycles. The smallest absolute Gasteiger partial charge is 0.303 e. The number of nitrogens with two attached hydrogens (primary N) is 1. The van der Waals surface area contributed by atoms with Gasteiger partial charge in [0.2, 0.25) is 0 Å². The molecule has 4 N–H and O–H groups in total. The molecular weight excluding hydrogens is 232 g/mol. The Labute approximate surface area is 106 Å². The Morgan fingerprint density at radius 2 is 1.94 bits per heavy atom. The first-order valence-corrected chi connectivity index (χ1v) is 5.90. The third kappa shape index (κ3) is 5.45. The van der Waals surface area contributed by atoms with E-state index in [1.54, 1.807) is 24.3 Å². The molecular formula is C13H18N2O3. The largest absolute Gasteiger partial charge is 0.481 e. The second kappa shape index (κ2) is 7.45. The molecule has 0 radical (unpaired) electrons. The SMILES string of the molecule is NC(CCCC(=O)O)CNC(=O)c1ccccc1. The summed E-state index contributed by atoms with van der Waals surface area (Å²) in [6.07, 6.45) is 1.22. The molecule has 1 atom stereocenters. The van der Waals surface area contributed by atoms with Crippen molar-refractivity contribution in [2.24, 2.45) is 5.73 Å². The van der Waals surface area contributed by atoms with Gasteiger partial charge in [0.15, 0.2) is 0 Å². The minimum Gasteiger partial charge on any atom is -0.481 e. The van der Waals surface area contributed by atoms with E-state index in [9.17, 15) is 9.59 Å². The summed E-state index contributed by atoms with van der Waals surface area (Å²) < 4.78 is 0. The molecule has 0 saturated heterocycles. The van der Waals surface area contributed by atoms with Gasteiger partial charge in [-0.15, -0.1) is 0 Å². The lowest BCUT2D eigenvalue weighted by molar-refractivity contribution is -0.137. The maximum Gasteiger partial charge on any atom is 0.303 e. The fourth-order valence-corrected chi connectivity index (χ4v) is 1.53. The second-order valence-electron chi connectivity index (χ2n) is 4.12. The van der Waals surface area contributed by atoms with E-state index in [2.05, 4.69) is 5.32 Å². The Morgan fingerprint density at radius 1 is 1.28 bits per heavy atom. The van der Waals surface area contributed by atoms with Gasteiger partial charge in [-0.25, -0.2) is 0 Å². The molecule has 0 aromatic heterocycles. The minimum absolute atomic E-state index is 0.111. The van der Waals surface area contributed by atoms with Gasteiger partial charge in [0, 0.05) is 24.6 Å². The van der Waals surface area contributed by atoms with Crippen molar-refractivity contribution < 1.29 is 14.7 Å². The monoisotopic (exact) mass is 250 g/mol. The first-order chi connectivity index (χ1) is 8.59. The first kappa shape index (κ1) is 14.2. The van der Waals surface area contributed by atoms with Crippen LogP contribution < -0.4 is 11.1 Å². The van der Waals surface area contributed by atoms with Crippen LogP contribution in [0.2, 0.25) is 0 Å². The van der Waals surface area contributed by atoms with Gasteiger partial charge in [0.05, 0.1) is 0 Å². The molecule has 0 spiro atoms. The molecule has 1 unspecified atom stereocenters. The van der Waals surface area contributed by atoms with Crippen molar-refractivity contribution in [2.75, 3.05) is 6.54 Å². The summed E-state index contributed by atoms with van der Waals surface area (Å²) in [7, 11) is 0. The van der Waals surface area contributed by atoms with Gasteiger partial charge < -0.3 is 16.2 Å². The average molecular weight is 250 g/mol. The standard InChI is InChI=1S/C13H18N2O3/c14-11(7-4-8-12(16)17)9-15-13(18)10-5-2-1-3-6-10/h1-3,5-6,11H,4,7-9,14H2,(H,15,18)(H,16,17). The molecule has 0 bridgehead atoms. The number of hydrogen-bond acceptors (Lipinski definition) is 3. The summed E-state index contributed by atoms with van der Waals surface area (Å²) in [4.78, 5) is 22.0. The molecule has 0 saturated carbocycles. The molecule has 98 valence electrons. The number of rotatable bonds is 7. The first-order valence-electron chi connectivity index (χ1n) is 5.90. The summed E-state index contributed by atoms with van der Waals surface area (Å²) in [5.41, 5.74) is 6.37. The van der Waals surface area contributed by atoms with Crippen molar-refractivity contribution in [2.45, 2.75) is 25.3 Å². The molecule has 1 rings (SSSR count). The van der Waals surface area contributed by atoms with Crippen LogP contribution in [0, 0.1) is 0 Å². The Morgan fingerprint density at radius 3 is 2.56 bits per heavy atom. The molecule has 0 aliphatic heterocycles. The van der Waals surface area contributed by atoms with Crippen LogP contribution in [0.5, 0.6) is 0 Å². The molecule has 5 heteroatoms. The van der Waals surface area contributed by atoms with E-state index in [1.807, 2.05) is 6.07 Å². The Hall–Kier alpha value is -1.88. The van der Waals surface area contributed by atoms with Gasteiger partial charge in [0.25, 0.3) is 5.91 Å². The van der Waals surface area contributed by atoms with Crippen molar-refractivity contribution in [1.82, 2.24) is 5.32 Å². The van der Waals surface area contributed by atoms with Crippen molar-refractivity contribution >= 4 is 11.9 Å². The van der Waals surface area contributed by atoms with Crippen molar-refractivity contribution in [1.29, 1.82) is 0 Å². The number of benzene rings is 1. The van der Waals surface area contributed by atoms with Gasteiger partial charge in [-0.2, -0.15) is 0 Å². The summed E-state index contributed by atoms with van der Waals surface area (Å²) in [5, 5.41) is 11.2. The van der Waals surface area contributed by atoms with Gasteiger partial charge >= 0.3 is 5.97 Å². The molecule has 1 aromatic rings. The average Bonchev–Trinajstić information content (AvgIpc) is 2.36. The number of amides is 1. The highest BCUT2D eigenvalue weighted by molar-refractivity contribution is 5.94. The van der Waals surface area contributed by atoms with Crippen LogP contribution >= 0.6 is 0 Å². The summed E-state index contributed by atoms with van der Waals surface area (Å²) in [6.45, 7) is 0.355. The highest BCUT2D eigenvalue weighted by Gasteiger charge is 2.08. The summed E-state index contributed by atoms with van der Waals surface area (Å²) in [6, 6.07) is 8.67. The third-order valence-corrected chi connectivity index (χ3v) is 2.53. The van der Waals surface area contributed by atoms with Crippen molar-refractivity contribution in [3.05, 3.63) is 35.9 Å². The number of carboxylic acid groups (broad SMARTS) is 1. The molecule has 0 aliphatic carbocycles. The van der Waals surface area contributed by atoms with E-state index in [0.29, 0.717) is 24.9 Å². The number of carbonyl (C=O) groups excluding carboxylic acids is 1. The highest BCUT2D eigenvalue weighted by Crippen LogP contribution is 2.00. The zero-order chi connectivity index (χ0) is 13.4. The molecule has 0 fully saturated rings. The number of aliphatic carboxylic acids is 1. The van der Waals surface area contributed by atoms with E-state index >= 15 is 0 Å². The van der Waals surface area contributed by atoms with Crippen LogP contribution in [0.4, 0.5) is 0 Å². The van der Waals surface area contributed by atoms with Crippen LogP contribution in [0.15, 0.2) is 30.3 Å². The van der Waals surface area contributed by atoms with E-state index in [0.717, 1.165) is 0 Å². The van der Waals surface area contributed by atoms with Crippen LogP contribution in [0.25, 0.3) is 0 Å². The van der Waals surface area contributed by atoms with Gasteiger partial charge in [0.1, 0.15) is 0 Å². The molecule has 18 heavy (non-hydrogen) atoms. The van der Waals surface area contributed by atoms with Crippen molar-refractivity contribution in [3.63, 3.8) is 0 Å². The number of carbonyl (C=O) groups is 2. The van der Waals surface area contributed by atoms with Crippen molar-refractivity contribution in [3.8, 4) is 0 Å². The molecule has 0 heterocycles. The molecule has 5 nitrogen and oxygen atoms in total. The quantitative estimate of drug-likeness (QED) is 0.673. The third-order valence-electron chi connectivity index (χ3n) is 2.53. The Bertz CT molecular complexity index is 392.